The fourth-order valence-corrected chi connectivity index (χ4v) is 2.51. The van der Waals surface area contributed by atoms with E-state index < -0.39 is 23.4 Å². The van der Waals surface area contributed by atoms with Crippen molar-refractivity contribution in [2.75, 3.05) is 7.11 Å². The number of carboxylic acid groups (broad SMARTS) is 1. The van der Waals surface area contributed by atoms with Gasteiger partial charge >= 0.3 is 11.9 Å². The number of nitrogens with one attached hydrogen (secondary N) is 1. The normalized spacial score (nSPS) is 18.9. The molecule has 0 radical (unpaired) electrons. The molecule has 6 heteroatoms. The summed E-state index contributed by atoms with van der Waals surface area (Å²) in [5, 5.41) is 11.7. The molecule has 0 aliphatic heterocycles. The fourth-order valence-electron chi connectivity index (χ4n) is 2.51. The second-order valence-corrected chi connectivity index (χ2v) is 5.60. The molecule has 1 fully saturated rings. The molecule has 114 valence electrons. The fraction of sp³-hybridized carbons (Fsp3) is 0.786. The van der Waals surface area contributed by atoms with E-state index in [1.807, 2.05) is 6.92 Å². The standard InChI is InChI=1S/C14H23NO5/c1-14(8-4-3-5-9-14)13(19)15-10(12(17)18)6-7-11(16)20-2/h10H,3-9H2,1-2H3,(H,15,19)(H,17,18)/t10-/m1/s1. The van der Waals surface area contributed by atoms with Crippen molar-refractivity contribution in [1.29, 1.82) is 0 Å². The molecule has 1 aliphatic carbocycles. The van der Waals surface area contributed by atoms with Gasteiger partial charge in [0.05, 0.1) is 7.11 Å². The summed E-state index contributed by atoms with van der Waals surface area (Å²) in [7, 11) is 1.25. The molecule has 1 saturated carbocycles. The second-order valence-electron chi connectivity index (χ2n) is 5.60. The molecule has 0 aromatic heterocycles. The molecule has 0 heterocycles. The highest BCUT2D eigenvalue weighted by Crippen LogP contribution is 2.35. The first kappa shape index (κ1) is 16.5. The zero-order chi connectivity index (χ0) is 15.2. The zero-order valence-electron chi connectivity index (χ0n) is 12.1. The van der Waals surface area contributed by atoms with Gasteiger partial charge in [0, 0.05) is 11.8 Å². The Bertz CT molecular complexity index is 374. The smallest absolute Gasteiger partial charge is 0.326 e. The third kappa shape index (κ3) is 4.51. The predicted octanol–water partition coefficient (Wildman–Crippen LogP) is 1.48. The van der Waals surface area contributed by atoms with Gasteiger partial charge in [0.15, 0.2) is 0 Å². The van der Waals surface area contributed by atoms with Crippen LogP contribution in [0.1, 0.15) is 51.9 Å². The molecule has 6 nitrogen and oxygen atoms in total. The van der Waals surface area contributed by atoms with E-state index in [9.17, 15) is 14.4 Å². The number of esters is 1. The van der Waals surface area contributed by atoms with Crippen molar-refractivity contribution in [3.05, 3.63) is 0 Å². The lowest BCUT2D eigenvalue weighted by Crippen LogP contribution is -2.48. The van der Waals surface area contributed by atoms with Gasteiger partial charge in [-0.15, -0.1) is 0 Å². The van der Waals surface area contributed by atoms with Crippen LogP contribution in [-0.4, -0.2) is 36.1 Å². The predicted molar refractivity (Wildman–Crippen MR) is 72.0 cm³/mol. The molecule has 20 heavy (non-hydrogen) atoms. The van der Waals surface area contributed by atoms with Crippen molar-refractivity contribution < 1.29 is 24.2 Å². The molecule has 1 rings (SSSR count). The first-order chi connectivity index (χ1) is 9.39. The third-order valence-electron chi connectivity index (χ3n) is 3.97. The van der Waals surface area contributed by atoms with Gasteiger partial charge in [-0.1, -0.05) is 26.2 Å². The number of aliphatic carboxylic acids is 1. The first-order valence-electron chi connectivity index (χ1n) is 6.99. The molecular weight excluding hydrogens is 262 g/mol. The minimum absolute atomic E-state index is 0.0234. The number of carboxylic acids is 1. The molecule has 1 atom stereocenters. The lowest BCUT2D eigenvalue weighted by atomic mass is 9.75. The summed E-state index contributed by atoms with van der Waals surface area (Å²) in [6, 6.07) is -1.04. The number of hydrogen-bond donors (Lipinski definition) is 2. The van der Waals surface area contributed by atoms with Crippen LogP contribution in [0.25, 0.3) is 0 Å². The van der Waals surface area contributed by atoms with Crippen LogP contribution in [0, 0.1) is 5.41 Å². The van der Waals surface area contributed by atoms with Crippen LogP contribution in [0.3, 0.4) is 0 Å². The molecule has 0 aromatic rings. The maximum atomic E-state index is 12.3. The minimum Gasteiger partial charge on any atom is -0.480 e. The lowest BCUT2D eigenvalue weighted by Gasteiger charge is -2.33. The van der Waals surface area contributed by atoms with E-state index in [4.69, 9.17) is 5.11 Å². The second kappa shape index (κ2) is 7.26. The van der Waals surface area contributed by atoms with Crippen molar-refractivity contribution >= 4 is 17.8 Å². The minimum atomic E-state index is -1.12. The number of hydrogen-bond acceptors (Lipinski definition) is 4. The van der Waals surface area contributed by atoms with Crippen molar-refractivity contribution in [3.8, 4) is 0 Å². The van der Waals surface area contributed by atoms with Gasteiger partial charge in [0.1, 0.15) is 6.04 Å². The quantitative estimate of drug-likeness (QED) is 0.721. The Hall–Kier alpha value is -1.59. The molecule has 0 bridgehead atoms. The summed E-state index contributed by atoms with van der Waals surface area (Å²) < 4.78 is 4.48. The Morgan fingerprint density at radius 2 is 1.85 bits per heavy atom. The molecule has 0 aromatic carbocycles. The van der Waals surface area contributed by atoms with Gasteiger partial charge in [-0.2, -0.15) is 0 Å². The molecule has 0 unspecified atom stereocenters. The van der Waals surface area contributed by atoms with Gasteiger partial charge in [-0.05, 0) is 19.3 Å². The highest BCUT2D eigenvalue weighted by molar-refractivity contribution is 5.87. The number of amides is 1. The van der Waals surface area contributed by atoms with Crippen molar-refractivity contribution in [1.82, 2.24) is 5.32 Å². The first-order valence-corrected chi connectivity index (χ1v) is 6.99. The molecule has 1 aliphatic rings. The number of carbonyl (C=O) groups excluding carboxylic acids is 2. The Kier molecular flexibility index (Phi) is 5.98. The molecular formula is C14H23NO5. The SMILES string of the molecule is COC(=O)CC[C@@H](NC(=O)C1(C)CCCCC1)C(=O)O. The van der Waals surface area contributed by atoms with Gasteiger partial charge in [0.2, 0.25) is 5.91 Å². The van der Waals surface area contributed by atoms with E-state index in [2.05, 4.69) is 10.1 Å². The van der Waals surface area contributed by atoms with Crippen LogP contribution >= 0.6 is 0 Å². The van der Waals surface area contributed by atoms with Crippen molar-refractivity contribution in [2.45, 2.75) is 57.9 Å². The highest BCUT2D eigenvalue weighted by Gasteiger charge is 2.36. The molecule has 0 saturated heterocycles. The molecule has 0 spiro atoms. The van der Waals surface area contributed by atoms with Crippen molar-refractivity contribution in [2.24, 2.45) is 5.41 Å². The number of carbonyl (C=O) groups is 3. The number of ether oxygens (including phenoxy) is 1. The van der Waals surface area contributed by atoms with Crippen LogP contribution in [-0.2, 0) is 19.1 Å². The summed E-state index contributed by atoms with van der Waals surface area (Å²) in [6.45, 7) is 1.88. The van der Waals surface area contributed by atoms with Gasteiger partial charge in [0.25, 0.3) is 0 Å². The summed E-state index contributed by atoms with van der Waals surface area (Å²) >= 11 is 0. The summed E-state index contributed by atoms with van der Waals surface area (Å²) in [4.78, 5) is 34.5. The lowest BCUT2D eigenvalue weighted by molar-refractivity contribution is -0.146. The Morgan fingerprint density at radius 1 is 1.25 bits per heavy atom. The van der Waals surface area contributed by atoms with Gasteiger partial charge in [-0.3, -0.25) is 9.59 Å². The van der Waals surface area contributed by atoms with Crippen molar-refractivity contribution in [3.63, 3.8) is 0 Å². The van der Waals surface area contributed by atoms with Gasteiger partial charge in [-0.25, -0.2) is 4.79 Å². The summed E-state index contributed by atoms with van der Waals surface area (Å²) in [5.74, 6) is -1.83. The Labute approximate surface area is 118 Å². The summed E-state index contributed by atoms with van der Waals surface area (Å²) in [5.41, 5.74) is -0.489. The summed E-state index contributed by atoms with van der Waals surface area (Å²) in [6.07, 6.45) is 4.68. The van der Waals surface area contributed by atoms with Crippen LogP contribution in [0.15, 0.2) is 0 Å². The van der Waals surface area contributed by atoms with Crippen LogP contribution in [0.5, 0.6) is 0 Å². The largest absolute Gasteiger partial charge is 0.480 e. The maximum Gasteiger partial charge on any atom is 0.326 e. The topological polar surface area (TPSA) is 92.7 Å². The van der Waals surface area contributed by atoms with Crippen LogP contribution < -0.4 is 5.32 Å². The number of rotatable bonds is 6. The van der Waals surface area contributed by atoms with E-state index >= 15 is 0 Å². The van der Waals surface area contributed by atoms with Crippen LogP contribution in [0.2, 0.25) is 0 Å². The Morgan fingerprint density at radius 3 is 2.35 bits per heavy atom. The average Bonchev–Trinajstić information content (AvgIpc) is 2.43. The maximum absolute atomic E-state index is 12.3. The average molecular weight is 285 g/mol. The van der Waals surface area contributed by atoms with Crippen LogP contribution in [0.4, 0.5) is 0 Å². The van der Waals surface area contributed by atoms with E-state index in [0.717, 1.165) is 32.1 Å². The van der Waals surface area contributed by atoms with E-state index in [1.165, 1.54) is 7.11 Å². The third-order valence-corrected chi connectivity index (χ3v) is 3.97. The number of methoxy groups -OCH3 is 1. The van der Waals surface area contributed by atoms with E-state index in [-0.39, 0.29) is 18.7 Å². The Balaban J connectivity index is 2.58. The molecule has 1 amide bonds. The van der Waals surface area contributed by atoms with E-state index in [1.54, 1.807) is 0 Å². The van der Waals surface area contributed by atoms with Gasteiger partial charge < -0.3 is 15.2 Å². The highest BCUT2D eigenvalue weighted by atomic mass is 16.5. The van der Waals surface area contributed by atoms with E-state index in [0.29, 0.717) is 0 Å². The zero-order valence-corrected chi connectivity index (χ0v) is 12.1. The monoisotopic (exact) mass is 285 g/mol. The molecule has 2 N–H and O–H groups in total.